The standard InChI is InChI=1S/C23H22N3O2/c27-16-22(14-21-15-24-17-25-21)26-23(28)20(13-19-9-5-2-6-10-19)12-11-18-7-3-1-4-8-18/h1-12,15,17,20,22H,13-14H2,(H,24,25)(H,26,28)/b12-11+. The number of aromatic amines is 1. The molecule has 0 bridgehead atoms. The lowest BCUT2D eigenvalue weighted by atomic mass is 9.96. The van der Waals surface area contributed by atoms with E-state index in [4.69, 9.17) is 0 Å². The molecule has 1 radical (unpaired) electrons. The number of imidazole rings is 1. The Labute approximate surface area is 164 Å². The third kappa shape index (κ3) is 5.77. The summed E-state index contributed by atoms with van der Waals surface area (Å²) in [6.07, 6.45) is 9.81. The van der Waals surface area contributed by atoms with Crippen molar-refractivity contribution in [3.05, 3.63) is 96.1 Å². The molecule has 1 heterocycles. The minimum Gasteiger partial charge on any atom is -0.351 e. The van der Waals surface area contributed by atoms with Crippen LogP contribution in [0.15, 0.2) is 79.3 Å². The number of carbonyl (C=O) groups excluding carboxylic acids is 2. The molecule has 3 rings (SSSR count). The van der Waals surface area contributed by atoms with Gasteiger partial charge in [-0.3, -0.25) is 9.59 Å². The fraction of sp³-hybridized carbons (Fsp3) is 0.174. The largest absolute Gasteiger partial charge is 0.351 e. The van der Waals surface area contributed by atoms with Gasteiger partial charge in [-0.25, -0.2) is 4.98 Å². The van der Waals surface area contributed by atoms with E-state index in [0.29, 0.717) is 18.5 Å². The van der Waals surface area contributed by atoms with Gasteiger partial charge in [0.2, 0.25) is 12.2 Å². The number of nitrogens with one attached hydrogen (secondary N) is 2. The number of nitrogens with zero attached hydrogens (tertiary/aromatic N) is 1. The first kappa shape index (κ1) is 19.3. The molecule has 0 aliphatic carbocycles. The van der Waals surface area contributed by atoms with E-state index in [-0.39, 0.29) is 5.91 Å². The molecule has 0 aliphatic rings. The van der Waals surface area contributed by atoms with Gasteiger partial charge in [0.1, 0.15) is 6.04 Å². The molecule has 0 fully saturated rings. The highest BCUT2D eigenvalue weighted by Gasteiger charge is 2.21. The molecule has 0 saturated carbocycles. The van der Waals surface area contributed by atoms with Crippen LogP contribution in [0.4, 0.5) is 0 Å². The number of aromatic nitrogens is 2. The molecule has 5 nitrogen and oxygen atoms in total. The van der Waals surface area contributed by atoms with E-state index < -0.39 is 12.0 Å². The third-order valence-corrected chi connectivity index (χ3v) is 4.38. The SMILES string of the molecule is O=[C]C(Cc1c[nH]cn1)NC(=O)C(/C=C/c1ccccc1)Cc1ccccc1. The van der Waals surface area contributed by atoms with Crippen molar-refractivity contribution < 1.29 is 9.59 Å². The Hall–Kier alpha value is -3.47. The fourth-order valence-corrected chi connectivity index (χ4v) is 2.92. The second kappa shape index (κ2) is 10.0. The average Bonchev–Trinajstić information content (AvgIpc) is 3.25. The minimum absolute atomic E-state index is 0.208. The van der Waals surface area contributed by atoms with Gasteiger partial charge >= 0.3 is 0 Å². The van der Waals surface area contributed by atoms with Crippen molar-refractivity contribution in [1.82, 2.24) is 15.3 Å². The van der Waals surface area contributed by atoms with Gasteiger partial charge in [0.25, 0.3) is 0 Å². The summed E-state index contributed by atoms with van der Waals surface area (Å²) in [5.41, 5.74) is 2.77. The topological polar surface area (TPSA) is 74.8 Å². The highest BCUT2D eigenvalue weighted by Crippen LogP contribution is 2.14. The maximum absolute atomic E-state index is 12.9. The molecule has 2 N–H and O–H groups in total. The first-order valence-corrected chi connectivity index (χ1v) is 9.17. The molecule has 0 saturated heterocycles. The van der Waals surface area contributed by atoms with E-state index in [1.165, 1.54) is 0 Å². The molecular formula is C23H22N3O2. The van der Waals surface area contributed by atoms with Crippen molar-refractivity contribution in [2.75, 3.05) is 0 Å². The van der Waals surface area contributed by atoms with E-state index >= 15 is 0 Å². The summed E-state index contributed by atoms with van der Waals surface area (Å²) in [4.78, 5) is 31.2. The van der Waals surface area contributed by atoms with Crippen LogP contribution in [-0.4, -0.2) is 28.2 Å². The normalized spacial score (nSPS) is 13.1. The summed E-state index contributed by atoms with van der Waals surface area (Å²) in [5.74, 6) is -0.613. The van der Waals surface area contributed by atoms with Gasteiger partial charge in [0.05, 0.1) is 17.9 Å². The smallest absolute Gasteiger partial charge is 0.227 e. The van der Waals surface area contributed by atoms with Gasteiger partial charge in [-0.1, -0.05) is 72.8 Å². The Bertz CT molecular complexity index is 890. The zero-order chi connectivity index (χ0) is 19.6. The molecular weight excluding hydrogens is 350 g/mol. The minimum atomic E-state index is -0.737. The Morgan fingerprint density at radius 2 is 1.79 bits per heavy atom. The van der Waals surface area contributed by atoms with Gasteiger partial charge < -0.3 is 10.3 Å². The predicted octanol–water partition coefficient (Wildman–Crippen LogP) is 3.12. The average molecular weight is 372 g/mol. The molecule has 2 aromatic carbocycles. The summed E-state index contributed by atoms with van der Waals surface area (Å²) in [5, 5.41) is 2.79. The van der Waals surface area contributed by atoms with E-state index in [9.17, 15) is 9.59 Å². The molecule has 3 aromatic rings. The van der Waals surface area contributed by atoms with Crippen molar-refractivity contribution in [2.45, 2.75) is 18.9 Å². The van der Waals surface area contributed by atoms with Gasteiger partial charge in [0, 0.05) is 12.6 Å². The monoisotopic (exact) mass is 372 g/mol. The lowest BCUT2D eigenvalue weighted by molar-refractivity contribution is -0.123. The first-order valence-electron chi connectivity index (χ1n) is 9.17. The van der Waals surface area contributed by atoms with Crippen molar-refractivity contribution in [3.63, 3.8) is 0 Å². The maximum atomic E-state index is 12.9. The van der Waals surface area contributed by atoms with Crippen LogP contribution in [0.3, 0.4) is 0 Å². The second-order valence-corrected chi connectivity index (χ2v) is 6.51. The molecule has 5 heteroatoms. The van der Waals surface area contributed by atoms with Crippen LogP contribution >= 0.6 is 0 Å². The Morgan fingerprint density at radius 1 is 1.07 bits per heavy atom. The van der Waals surface area contributed by atoms with Crippen LogP contribution in [0.2, 0.25) is 0 Å². The summed E-state index contributed by atoms with van der Waals surface area (Å²) in [6, 6.07) is 18.9. The van der Waals surface area contributed by atoms with E-state index in [2.05, 4.69) is 15.3 Å². The summed E-state index contributed by atoms with van der Waals surface area (Å²) < 4.78 is 0. The van der Waals surface area contributed by atoms with Crippen LogP contribution in [-0.2, 0) is 22.4 Å². The van der Waals surface area contributed by atoms with E-state index in [1.807, 2.05) is 79.1 Å². The highest BCUT2D eigenvalue weighted by atomic mass is 16.2. The van der Waals surface area contributed by atoms with Crippen molar-refractivity contribution in [2.24, 2.45) is 5.92 Å². The van der Waals surface area contributed by atoms with Gasteiger partial charge in [-0.15, -0.1) is 0 Å². The van der Waals surface area contributed by atoms with Crippen LogP contribution in [0.1, 0.15) is 16.8 Å². The molecule has 1 aromatic heterocycles. The fourth-order valence-electron chi connectivity index (χ4n) is 2.92. The molecule has 0 spiro atoms. The zero-order valence-electron chi connectivity index (χ0n) is 15.4. The number of H-pyrrole nitrogens is 1. The van der Waals surface area contributed by atoms with Crippen LogP contribution in [0.5, 0.6) is 0 Å². The lowest BCUT2D eigenvalue weighted by Gasteiger charge is -2.17. The molecule has 2 atom stereocenters. The zero-order valence-corrected chi connectivity index (χ0v) is 15.4. The van der Waals surface area contributed by atoms with Crippen molar-refractivity contribution in [1.29, 1.82) is 0 Å². The third-order valence-electron chi connectivity index (χ3n) is 4.38. The van der Waals surface area contributed by atoms with Gasteiger partial charge in [-0.2, -0.15) is 0 Å². The molecule has 141 valence electrons. The second-order valence-electron chi connectivity index (χ2n) is 6.51. The number of benzene rings is 2. The summed E-state index contributed by atoms with van der Waals surface area (Å²) in [7, 11) is 0. The Balaban J connectivity index is 1.73. The highest BCUT2D eigenvalue weighted by molar-refractivity contribution is 5.84. The maximum Gasteiger partial charge on any atom is 0.227 e. The Kier molecular flexibility index (Phi) is 6.90. The molecule has 1 amide bonds. The van der Waals surface area contributed by atoms with Crippen molar-refractivity contribution in [3.8, 4) is 0 Å². The molecule has 28 heavy (non-hydrogen) atoms. The predicted molar refractivity (Wildman–Crippen MR) is 109 cm³/mol. The van der Waals surface area contributed by atoms with Crippen LogP contribution in [0.25, 0.3) is 6.08 Å². The van der Waals surface area contributed by atoms with Crippen LogP contribution < -0.4 is 5.32 Å². The van der Waals surface area contributed by atoms with Crippen molar-refractivity contribution >= 4 is 18.3 Å². The molecule has 2 unspecified atom stereocenters. The van der Waals surface area contributed by atoms with Crippen LogP contribution in [0, 0.1) is 5.92 Å². The summed E-state index contributed by atoms with van der Waals surface area (Å²) in [6.45, 7) is 0. The quantitative estimate of drug-likeness (QED) is 0.606. The number of hydrogen-bond acceptors (Lipinski definition) is 3. The first-order chi connectivity index (χ1) is 13.7. The number of hydrogen-bond donors (Lipinski definition) is 2. The van der Waals surface area contributed by atoms with Gasteiger partial charge in [0.15, 0.2) is 0 Å². The van der Waals surface area contributed by atoms with E-state index in [0.717, 1.165) is 11.1 Å². The number of amides is 1. The molecule has 0 aliphatic heterocycles. The van der Waals surface area contributed by atoms with Gasteiger partial charge in [-0.05, 0) is 17.5 Å². The Morgan fingerprint density at radius 3 is 2.43 bits per heavy atom. The lowest BCUT2D eigenvalue weighted by Crippen LogP contribution is -2.41. The summed E-state index contributed by atoms with van der Waals surface area (Å²) >= 11 is 0. The number of carbonyl (C=O) groups is 1. The number of rotatable bonds is 9. The van der Waals surface area contributed by atoms with E-state index in [1.54, 1.807) is 12.5 Å².